The smallest absolute Gasteiger partial charge is 0.345 e. The first-order chi connectivity index (χ1) is 16.6. The second-order valence-electron chi connectivity index (χ2n) is 10.3. The molecule has 11 nitrogen and oxygen atoms in total. The zero-order chi connectivity index (χ0) is 24.8. The van der Waals surface area contributed by atoms with Gasteiger partial charge in [0.05, 0.1) is 12.2 Å². The Labute approximate surface area is 200 Å². The van der Waals surface area contributed by atoms with E-state index in [0.29, 0.717) is 23.5 Å². The van der Waals surface area contributed by atoms with Crippen LogP contribution in [0.25, 0.3) is 0 Å². The van der Waals surface area contributed by atoms with Crippen LogP contribution in [0, 0.1) is 5.92 Å². The van der Waals surface area contributed by atoms with Gasteiger partial charge in [-0.25, -0.2) is 4.79 Å². The lowest BCUT2D eigenvalue weighted by atomic mass is 9.80. The predicted molar refractivity (Wildman–Crippen MR) is 111 cm³/mol. The van der Waals surface area contributed by atoms with Gasteiger partial charge in [-0.1, -0.05) is 0 Å². The van der Waals surface area contributed by atoms with Gasteiger partial charge in [0.2, 0.25) is 5.60 Å². The summed E-state index contributed by atoms with van der Waals surface area (Å²) < 4.78 is 40.3. The zero-order valence-corrected chi connectivity index (χ0v) is 19.6. The number of hydrogen-bond acceptors (Lipinski definition) is 11. The summed E-state index contributed by atoms with van der Waals surface area (Å²) in [5, 5.41) is 0. The van der Waals surface area contributed by atoms with E-state index in [1.165, 1.54) is 13.8 Å². The molecule has 6 rings (SSSR count). The highest BCUT2D eigenvalue weighted by Gasteiger charge is 2.79. The fourth-order valence-electron chi connectivity index (χ4n) is 5.76. The van der Waals surface area contributed by atoms with Gasteiger partial charge in [-0.15, -0.1) is 0 Å². The van der Waals surface area contributed by atoms with Crippen LogP contribution in [0.5, 0.6) is 0 Å². The maximum absolute atomic E-state index is 13.1. The summed E-state index contributed by atoms with van der Waals surface area (Å²) in [4.78, 5) is 48.5. The number of esters is 3. The highest BCUT2D eigenvalue weighted by Crippen LogP contribution is 2.59. The molecule has 0 saturated carbocycles. The molecule has 6 heterocycles. The van der Waals surface area contributed by atoms with E-state index in [-0.39, 0.29) is 26.1 Å². The molecule has 1 aromatic rings. The molecule has 2 unspecified atom stereocenters. The maximum Gasteiger partial charge on any atom is 0.345 e. The normalized spacial score (nSPS) is 42.7. The predicted octanol–water partition coefficient (Wildman–Crippen LogP) is 1.20. The lowest BCUT2D eigenvalue weighted by molar-refractivity contribution is -0.166. The minimum Gasteiger partial charge on any atom is -0.463 e. The number of carbonyl (C=O) groups excluding carboxylic acids is 4. The summed E-state index contributed by atoms with van der Waals surface area (Å²) in [5.74, 6) is -1.12. The SMILES string of the molecule is CC(=O)OCC1([C@H]2Cc3oc(cc3C=O)[C@H]3O[C@]3(C)CC3OC(=O)[C@]4(O[C@@H]34)[C@H](OC(C)=O)C2)CO1. The summed E-state index contributed by atoms with van der Waals surface area (Å²) in [5.41, 5.74) is -2.59. The van der Waals surface area contributed by atoms with Crippen molar-refractivity contribution in [1.82, 2.24) is 0 Å². The van der Waals surface area contributed by atoms with Gasteiger partial charge in [-0.05, 0) is 19.4 Å². The van der Waals surface area contributed by atoms with Crippen LogP contribution in [0.4, 0.5) is 0 Å². The second kappa shape index (κ2) is 7.37. The summed E-state index contributed by atoms with van der Waals surface area (Å²) in [7, 11) is 0. The number of carbonyl (C=O) groups is 4. The Morgan fingerprint density at radius 3 is 2.63 bits per heavy atom. The number of aldehydes is 1. The van der Waals surface area contributed by atoms with Crippen LogP contribution in [0.2, 0.25) is 0 Å². The van der Waals surface area contributed by atoms with E-state index in [0.717, 1.165) is 6.29 Å². The van der Waals surface area contributed by atoms with Gasteiger partial charge in [-0.2, -0.15) is 0 Å². The number of epoxide rings is 3. The van der Waals surface area contributed by atoms with E-state index in [9.17, 15) is 19.2 Å². The van der Waals surface area contributed by atoms with Crippen molar-refractivity contribution in [2.75, 3.05) is 13.2 Å². The highest BCUT2D eigenvalue weighted by molar-refractivity contribution is 5.88. The molecule has 0 radical (unpaired) electrons. The Hall–Kier alpha value is -2.76. The number of ether oxygens (including phenoxy) is 6. The number of furan rings is 1. The maximum atomic E-state index is 13.1. The Morgan fingerprint density at radius 1 is 1.23 bits per heavy atom. The molecule has 1 aromatic heterocycles. The highest BCUT2D eigenvalue weighted by atomic mass is 16.7. The van der Waals surface area contributed by atoms with Crippen LogP contribution in [-0.4, -0.2) is 72.5 Å². The minimum atomic E-state index is -1.41. The lowest BCUT2D eigenvalue weighted by Crippen LogP contribution is -2.45. The van der Waals surface area contributed by atoms with E-state index < -0.39 is 65.0 Å². The molecule has 0 aromatic carbocycles. The van der Waals surface area contributed by atoms with Gasteiger partial charge < -0.3 is 32.8 Å². The van der Waals surface area contributed by atoms with Crippen LogP contribution < -0.4 is 0 Å². The summed E-state index contributed by atoms with van der Waals surface area (Å²) >= 11 is 0. The average Bonchev–Trinajstić information content (AvgIpc) is 3.72. The summed E-state index contributed by atoms with van der Waals surface area (Å²) in [6, 6.07) is 1.66. The summed E-state index contributed by atoms with van der Waals surface area (Å²) in [6.07, 6.45) is -1.09. The van der Waals surface area contributed by atoms with Crippen molar-refractivity contribution in [1.29, 1.82) is 0 Å². The van der Waals surface area contributed by atoms with Gasteiger partial charge in [0.15, 0.2) is 6.29 Å². The minimum absolute atomic E-state index is 0.0298. The van der Waals surface area contributed by atoms with Crippen molar-refractivity contribution >= 4 is 24.2 Å². The quantitative estimate of drug-likeness (QED) is 0.254. The van der Waals surface area contributed by atoms with Gasteiger partial charge in [0.1, 0.15) is 53.7 Å². The average molecular weight is 490 g/mol. The summed E-state index contributed by atoms with van der Waals surface area (Å²) in [6.45, 7) is 4.70. The van der Waals surface area contributed by atoms with Gasteiger partial charge in [-0.3, -0.25) is 14.4 Å². The second-order valence-corrected chi connectivity index (χ2v) is 10.3. The molecule has 4 fully saturated rings. The van der Waals surface area contributed by atoms with Gasteiger partial charge in [0, 0.05) is 32.6 Å². The molecule has 4 saturated heterocycles. The molecule has 4 bridgehead atoms. The first-order valence-electron chi connectivity index (χ1n) is 11.7. The first kappa shape index (κ1) is 22.7. The van der Waals surface area contributed by atoms with Crippen molar-refractivity contribution in [2.24, 2.45) is 5.92 Å². The molecule has 0 spiro atoms. The van der Waals surface area contributed by atoms with Gasteiger partial charge in [0.25, 0.3) is 0 Å². The number of rotatable bonds is 5. The monoisotopic (exact) mass is 490 g/mol. The van der Waals surface area contributed by atoms with Crippen LogP contribution in [0.3, 0.4) is 0 Å². The fourth-order valence-corrected chi connectivity index (χ4v) is 5.76. The number of fused-ring (bicyclic) bond motifs is 4. The van der Waals surface area contributed by atoms with E-state index in [1.807, 2.05) is 6.92 Å². The van der Waals surface area contributed by atoms with Crippen LogP contribution in [0.15, 0.2) is 10.5 Å². The molecule has 0 aliphatic carbocycles. The molecule has 0 amide bonds. The number of hydrogen-bond donors (Lipinski definition) is 0. The van der Waals surface area contributed by atoms with Crippen molar-refractivity contribution in [3.8, 4) is 0 Å². The Bertz CT molecular complexity index is 1120. The molecule has 8 atom stereocenters. The Balaban J connectivity index is 1.41. The van der Waals surface area contributed by atoms with Crippen molar-refractivity contribution in [3.05, 3.63) is 23.2 Å². The molecular formula is C24H26O11. The van der Waals surface area contributed by atoms with Crippen molar-refractivity contribution in [2.45, 2.75) is 81.3 Å². The third-order valence-corrected chi connectivity index (χ3v) is 7.84. The van der Waals surface area contributed by atoms with E-state index in [4.69, 9.17) is 32.8 Å². The standard InChI is InChI=1S/C24H26O11/c1-11(26)29-9-23(10-30-23)14-5-15-13(8-25)4-16(32-15)19-22(3,34-19)7-17-20-24(35-20,21(28)33-17)18(6-14)31-12(2)27/h4,8,14,17-20H,5-7,9-10H2,1-3H3/t14-,17?,18+,19+,20-,22+,23?,24-/m0/s1. The molecule has 35 heavy (non-hydrogen) atoms. The Morgan fingerprint density at radius 2 is 2.00 bits per heavy atom. The largest absolute Gasteiger partial charge is 0.463 e. The van der Waals surface area contributed by atoms with Crippen molar-refractivity contribution < 1.29 is 52.0 Å². The molecular weight excluding hydrogens is 464 g/mol. The molecule has 5 aliphatic heterocycles. The van der Waals surface area contributed by atoms with E-state index in [1.54, 1.807) is 6.07 Å². The Kier molecular flexibility index (Phi) is 4.78. The molecule has 5 aliphatic rings. The van der Waals surface area contributed by atoms with Crippen molar-refractivity contribution in [3.63, 3.8) is 0 Å². The zero-order valence-electron chi connectivity index (χ0n) is 19.6. The topological polar surface area (TPSA) is 147 Å². The fraction of sp³-hybridized carbons (Fsp3) is 0.667. The molecule has 0 N–H and O–H groups in total. The van der Waals surface area contributed by atoms with E-state index in [2.05, 4.69) is 0 Å². The molecule has 188 valence electrons. The van der Waals surface area contributed by atoms with Crippen LogP contribution >= 0.6 is 0 Å². The van der Waals surface area contributed by atoms with Gasteiger partial charge >= 0.3 is 17.9 Å². The van der Waals surface area contributed by atoms with Crippen LogP contribution in [-0.2, 0) is 49.2 Å². The third-order valence-electron chi connectivity index (χ3n) is 7.84. The third kappa shape index (κ3) is 3.51. The first-order valence-corrected chi connectivity index (χ1v) is 11.7. The van der Waals surface area contributed by atoms with E-state index >= 15 is 0 Å². The lowest BCUT2D eigenvalue weighted by Gasteiger charge is -2.29. The molecule has 11 heteroatoms. The van der Waals surface area contributed by atoms with Crippen LogP contribution in [0.1, 0.15) is 61.6 Å².